The van der Waals surface area contributed by atoms with Crippen molar-refractivity contribution in [3.63, 3.8) is 0 Å². The highest BCUT2D eigenvalue weighted by Crippen LogP contribution is 2.04. The first-order valence-corrected chi connectivity index (χ1v) is 8.98. The Hall–Kier alpha value is -2.15. The van der Waals surface area contributed by atoms with Crippen molar-refractivity contribution in [2.24, 2.45) is 0 Å². The number of amides is 1. The van der Waals surface area contributed by atoms with Crippen LogP contribution in [0.5, 0.6) is 0 Å². The number of carbonyl (C=O) groups is 1. The van der Waals surface area contributed by atoms with Crippen molar-refractivity contribution in [3.05, 3.63) is 53.9 Å². The van der Waals surface area contributed by atoms with Crippen LogP contribution in [0.15, 0.2) is 42.7 Å². The van der Waals surface area contributed by atoms with E-state index in [1.807, 2.05) is 36.5 Å². The quantitative estimate of drug-likeness (QED) is 0.824. The van der Waals surface area contributed by atoms with Crippen molar-refractivity contribution in [2.45, 2.75) is 19.5 Å². The molecule has 0 spiro atoms. The molecule has 1 amide bonds. The van der Waals surface area contributed by atoms with Crippen LogP contribution in [0.3, 0.4) is 0 Å². The van der Waals surface area contributed by atoms with Crippen molar-refractivity contribution in [3.8, 4) is 0 Å². The summed E-state index contributed by atoms with van der Waals surface area (Å²) in [6.45, 7) is 1.01. The van der Waals surface area contributed by atoms with Crippen LogP contribution >= 0.6 is 0 Å². The molecule has 0 atom stereocenters. The van der Waals surface area contributed by atoms with Crippen LogP contribution in [0.1, 0.15) is 17.5 Å². The van der Waals surface area contributed by atoms with Crippen molar-refractivity contribution in [1.82, 2.24) is 15.1 Å². The summed E-state index contributed by atoms with van der Waals surface area (Å²) in [4.78, 5) is 11.6. The predicted molar refractivity (Wildman–Crippen MR) is 83.9 cm³/mol. The monoisotopic (exact) mass is 321 g/mol. The summed E-state index contributed by atoms with van der Waals surface area (Å²) in [5.41, 5.74) is 2.03. The molecule has 0 saturated carbocycles. The highest BCUT2D eigenvalue weighted by Gasteiger charge is 2.08. The molecule has 1 heterocycles. The van der Waals surface area contributed by atoms with Gasteiger partial charge in [0.25, 0.3) is 0 Å². The highest BCUT2D eigenvalue weighted by atomic mass is 32.2. The normalized spacial score (nSPS) is 11.3. The Bertz CT molecular complexity index is 724. The highest BCUT2D eigenvalue weighted by molar-refractivity contribution is 7.90. The second kappa shape index (κ2) is 7.22. The molecule has 2 rings (SSSR count). The zero-order valence-electron chi connectivity index (χ0n) is 12.4. The van der Waals surface area contributed by atoms with E-state index < -0.39 is 9.84 Å². The maximum absolute atomic E-state index is 11.6. The van der Waals surface area contributed by atoms with Gasteiger partial charge in [-0.3, -0.25) is 9.48 Å². The van der Waals surface area contributed by atoms with Gasteiger partial charge in [-0.1, -0.05) is 30.3 Å². The largest absolute Gasteiger partial charge is 0.352 e. The molecular formula is C15H19N3O3S. The first kappa shape index (κ1) is 16.2. The summed E-state index contributed by atoms with van der Waals surface area (Å²) in [6.07, 6.45) is 4.66. The van der Waals surface area contributed by atoms with Crippen LogP contribution in [0.2, 0.25) is 0 Å². The standard InChI is InChI=1S/C15H19N3O3S/c1-22(20,21)8-7-15(19)16-9-14-10-17-18(12-14)11-13-5-3-2-4-6-13/h2-6,10,12H,7-9,11H2,1H3,(H,16,19). The number of nitrogens with one attached hydrogen (secondary N) is 1. The summed E-state index contributed by atoms with van der Waals surface area (Å²) in [7, 11) is -3.11. The Morgan fingerprint density at radius 1 is 1.23 bits per heavy atom. The van der Waals surface area contributed by atoms with Gasteiger partial charge in [0.2, 0.25) is 5.91 Å². The third kappa shape index (κ3) is 5.69. The minimum atomic E-state index is -3.11. The van der Waals surface area contributed by atoms with E-state index in [0.29, 0.717) is 13.1 Å². The van der Waals surface area contributed by atoms with Crippen molar-refractivity contribution in [2.75, 3.05) is 12.0 Å². The van der Waals surface area contributed by atoms with Gasteiger partial charge in [-0.25, -0.2) is 8.42 Å². The number of hydrogen-bond acceptors (Lipinski definition) is 4. The molecule has 0 aliphatic carbocycles. The van der Waals surface area contributed by atoms with Gasteiger partial charge in [-0.2, -0.15) is 5.10 Å². The maximum atomic E-state index is 11.6. The van der Waals surface area contributed by atoms with Gasteiger partial charge < -0.3 is 5.32 Å². The van der Waals surface area contributed by atoms with Gasteiger partial charge in [-0.05, 0) is 5.56 Å². The van der Waals surface area contributed by atoms with E-state index in [4.69, 9.17) is 0 Å². The topological polar surface area (TPSA) is 81.1 Å². The number of sulfone groups is 1. The second-order valence-electron chi connectivity index (χ2n) is 5.19. The van der Waals surface area contributed by atoms with Crippen LogP contribution in [0.25, 0.3) is 0 Å². The molecule has 118 valence electrons. The SMILES string of the molecule is CS(=O)(=O)CCC(=O)NCc1cnn(Cc2ccccc2)c1. The summed E-state index contributed by atoms with van der Waals surface area (Å²) in [6, 6.07) is 9.95. The Morgan fingerprint density at radius 3 is 2.64 bits per heavy atom. The fourth-order valence-corrected chi connectivity index (χ4v) is 2.48. The summed E-state index contributed by atoms with van der Waals surface area (Å²) >= 11 is 0. The van der Waals surface area contributed by atoms with E-state index in [0.717, 1.165) is 17.4 Å². The third-order valence-corrected chi connectivity index (χ3v) is 4.01. The van der Waals surface area contributed by atoms with E-state index in [1.54, 1.807) is 10.9 Å². The van der Waals surface area contributed by atoms with Gasteiger partial charge in [0.1, 0.15) is 9.84 Å². The molecule has 1 N–H and O–H groups in total. The minimum Gasteiger partial charge on any atom is -0.352 e. The van der Waals surface area contributed by atoms with E-state index in [9.17, 15) is 13.2 Å². The molecule has 0 radical (unpaired) electrons. The number of nitrogens with zero attached hydrogens (tertiary/aromatic N) is 2. The molecule has 6 nitrogen and oxygen atoms in total. The smallest absolute Gasteiger partial charge is 0.221 e. The molecule has 0 unspecified atom stereocenters. The maximum Gasteiger partial charge on any atom is 0.221 e. The first-order valence-electron chi connectivity index (χ1n) is 6.92. The zero-order chi connectivity index (χ0) is 16.0. The lowest BCUT2D eigenvalue weighted by Crippen LogP contribution is -2.24. The van der Waals surface area contributed by atoms with Crippen molar-refractivity contribution in [1.29, 1.82) is 0 Å². The summed E-state index contributed by atoms with van der Waals surface area (Å²) in [5.74, 6) is -0.409. The molecule has 1 aromatic carbocycles. The number of hydrogen-bond donors (Lipinski definition) is 1. The average Bonchev–Trinajstić information content (AvgIpc) is 2.91. The van der Waals surface area contributed by atoms with Gasteiger partial charge in [0, 0.05) is 31.0 Å². The molecule has 0 saturated heterocycles. The molecule has 1 aromatic heterocycles. The molecule has 22 heavy (non-hydrogen) atoms. The lowest BCUT2D eigenvalue weighted by Gasteiger charge is -2.03. The molecule has 0 fully saturated rings. The zero-order valence-corrected chi connectivity index (χ0v) is 13.2. The average molecular weight is 321 g/mol. The van der Waals surface area contributed by atoms with Crippen LogP contribution in [0, 0.1) is 0 Å². The Labute approximate surface area is 130 Å². The Balaban J connectivity index is 1.81. The lowest BCUT2D eigenvalue weighted by molar-refractivity contribution is -0.120. The van der Waals surface area contributed by atoms with E-state index in [1.165, 1.54) is 0 Å². The van der Waals surface area contributed by atoms with Crippen LogP contribution in [-0.4, -0.2) is 36.1 Å². The molecule has 0 aliphatic heterocycles. The van der Waals surface area contributed by atoms with E-state index >= 15 is 0 Å². The van der Waals surface area contributed by atoms with E-state index in [-0.39, 0.29) is 18.1 Å². The minimum absolute atomic E-state index is 0.0169. The molecule has 0 aliphatic rings. The lowest BCUT2D eigenvalue weighted by atomic mass is 10.2. The van der Waals surface area contributed by atoms with Gasteiger partial charge in [0.15, 0.2) is 0 Å². The second-order valence-corrected chi connectivity index (χ2v) is 7.45. The van der Waals surface area contributed by atoms with Crippen molar-refractivity contribution < 1.29 is 13.2 Å². The molecular weight excluding hydrogens is 302 g/mol. The third-order valence-electron chi connectivity index (χ3n) is 3.06. The summed E-state index contributed by atoms with van der Waals surface area (Å²) < 4.78 is 23.8. The van der Waals surface area contributed by atoms with Crippen LogP contribution < -0.4 is 5.32 Å². The predicted octanol–water partition coefficient (Wildman–Crippen LogP) is 0.982. The van der Waals surface area contributed by atoms with Gasteiger partial charge in [0.05, 0.1) is 18.5 Å². The molecule has 2 aromatic rings. The molecule has 0 bridgehead atoms. The Kier molecular flexibility index (Phi) is 5.32. The van der Waals surface area contributed by atoms with Crippen LogP contribution in [-0.2, 0) is 27.7 Å². The van der Waals surface area contributed by atoms with Gasteiger partial charge >= 0.3 is 0 Å². The molecule has 7 heteroatoms. The fourth-order valence-electron chi connectivity index (χ4n) is 1.92. The van der Waals surface area contributed by atoms with Crippen molar-refractivity contribution >= 4 is 15.7 Å². The Morgan fingerprint density at radius 2 is 1.95 bits per heavy atom. The summed E-state index contributed by atoms with van der Waals surface area (Å²) in [5, 5.41) is 6.94. The first-order chi connectivity index (χ1) is 10.4. The van der Waals surface area contributed by atoms with Crippen LogP contribution in [0.4, 0.5) is 0 Å². The van der Waals surface area contributed by atoms with E-state index in [2.05, 4.69) is 10.4 Å². The number of carbonyl (C=O) groups excluding carboxylic acids is 1. The number of rotatable bonds is 7. The fraction of sp³-hybridized carbons (Fsp3) is 0.333. The number of benzene rings is 1. The van der Waals surface area contributed by atoms with Gasteiger partial charge in [-0.15, -0.1) is 0 Å². The number of aromatic nitrogens is 2.